The maximum atomic E-state index is 9.93. The highest BCUT2D eigenvalue weighted by Crippen LogP contribution is 2.32. The summed E-state index contributed by atoms with van der Waals surface area (Å²) >= 11 is 6.78. The normalized spacial score (nSPS) is 13.0. The van der Waals surface area contributed by atoms with E-state index in [1.165, 1.54) is 0 Å². The molecule has 2 aromatic carbocycles. The first-order valence-electron chi connectivity index (χ1n) is 4.65. The third-order valence-electron chi connectivity index (χ3n) is 2.40. The Morgan fingerprint density at radius 3 is 2.60 bits per heavy atom. The molecule has 1 nitrogen and oxygen atoms in total. The van der Waals surface area contributed by atoms with Gasteiger partial charge in [0, 0.05) is 15.4 Å². The number of hydrogen-bond donors (Lipinski definition) is 1. The second-order valence-corrected chi connectivity index (χ2v) is 4.85. The molecule has 0 heterocycles. The quantitative estimate of drug-likeness (QED) is 0.825. The molecule has 0 bridgehead atoms. The van der Waals surface area contributed by atoms with Crippen molar-refractivity contribution in [3.63, 3.8) is 0 Å². The molecule has 3 heteroatoms. The van der Waals surface area contributed by atoms with Gasteiger partial charge in [-0.2, -0.15) is 0 Å². The maximum Gasteiger partial charge on any atom is 0.0903 e. The second-order valence-electron chi connectivity index (χ2n) is 3.35. The van der Waals surface area contributed by atoms with E-state index >= 15 is 0 Å². The Hall–Kier alpha value is -0.380. The number of aliphatic hydroxyl groups is 1. The lowest BCUT2D eigenvalue weighted by Crippen LogP contribution is -2.00. The molecule has 15 heavy (non-hydrogen) atoms. The van der Waals surface area contributed by atoms with Crippen LogP contribution in [0.25, 0.3) is 10.8 Å². The molecule has 0 saturated carbocycles. The fourth-order valence-corrected chi connectivity index (χ4v) is 2.62. The van der Waals surface area contributed by atoms with Gasteiger partial charge >= 0.3 is 0 Å². The highest BCUT2D eigenvalue weighted by atomic mass is 79.9. The van der Waals surface area contributed by atoms with Crippen molar-refractivity contribution in [1.29, 1.82) is 0 Å². The fraction of sp³-hybridized carbons (Fsp3) is 0.167. The second kappa shape index (κ2) is 4.64. The number of fused-ring (bicyclic) bond motifs is 1. The first-order chi connectivity index (χ1) is 7.24. The molecular weight excluding hydrogens is 320 g/mol. The van der Waals surface area contributed by atoms with Gasteiger partial charge in [-0.3, -0.25) is 0 Å². The highest BCUT2D eigenvalue weighted by Gasteiger charge is 2.13. The van der Waals surface area contributed by atoms with E-state index in [-0.39, 0.29) is 0 Å². The Labute approximate surface area is 105 Å². The minimum Gasteiger partial charge on any atom is -0.387 e. The highest BCUT2D eigenvalue weighted by molar-refractivity contribution is 9.10. The molecule has 0 fully saturated rings. The van der Waals surface area contributed by atoms with Crippen LogP contribution < -0.4 is 0 Å². The van der Waals surface area contributed by atoms with E-state index in [1.807, 2.05) is 36.4 Å². The first kappa shape index (κ1) is 11.1. The summed E-state index contributed by atoms with van der Waals surface area (Å²) in [4.78, 5) is 0. The van der Waals surface area contributed by atoms with Crippen molar-refractivity contribution in [3.8, 4) is 0 Å². The Morgan fingerprint density at radius 1 is 1.13 bits per heavy atom. The lowest BCUT2D eigenvalue weighted by atomic mass is 10.0. The SMILES string of the molecule is OC(CBr)c1c(Br)ccc2ccccc12. The zero-order valence-corrected chi connectivity index (χ0v) is 11.1. The van der Waals surface area contributed by atoms with E-state index in [2.05, 4.69) is 31.9 Å². The summed E-state index contributed by atoms with van der Waals surface area (Å²) in [6.45, 7) is 0. The van der Waals surface area contributed by atoms with Gasteiger partial charge in [-0.1, -0.05) is 62.2 Å². The van der Waals surface area contributed by atoms with E-state index in [0.29, 0.717) is 5.33 Å². The number of halogens is 2. The summed E-state index contributed by atoms with van der Waals surface area (Å²) in [5.41, 5.74) is 0.949. The number of benzene rings is 2. The molecule has 0 radical (unpaired) electrons. The van der Waals surface area contributed by atoms with Crippen LogP contribution in [0.5, 0.6) is 0 Å². The molecule has 0 amide bonds. The summed E-state index contributed by atoms with van der Waals surface area (Å²) in [5.74, 6) is 0. The Balaban J connectivity index is 2.74. The Kier molecular flexibility index (Phi) is 3.44. The van der Waals surface area contributed by atoms with Gasteiger partial charge in [0.25, 0.3) is 0 Å². The minimum atomic E-state index is -0.481. The molecule has 0 aliphatic rings. The van der Waals surface area contributed by atoms with Gasteiger partial charge in [-0.15, -0.1) is 0 Å². The van der Waals surface area contributed by atoms with E-state index < -0.39 is 6.10 Å². The van der Waals surface area contributed by atoms with Crippen LogP contribution in [0, 0.1) is 0 Å². The van der Waals surface area contributed by atoms with Gasteiger partial charge in [-0.25, -0.2) is 0 Å². The number of aliphatic hydroxyl groups excluding tert-OH is 1. The first-order valence-corrected chi connectivity index (χ1v) is 6.56. The topological polar surface area (TPSA) is 20.2 Å². The average molecular weight is 330 g/mol. The zero-order chi connectivity index (χ0) is 10.8. The molecule has 0 aliphatic heterocycles. The predicted molar refractivity (Wildman–Crippen MR) is 70.4 cm³/mol. The summed E-state index contributed by atoms with van der Waals surface area (Å²) < 4.78 is 0.952. The lowest BCUT2D eigenvalue weighted by Gasteiger charge is -2.13. The van der Waals surface area contributed by atoms with Crippen LogP contribution in [0.4, 0.5) is 0 Å². The van der Waals surface area contributed by atoms with Crippen LogP contribution in [-0.4, -0.2) is 10.4 Å². The van der Waals surface area contributed by atoms with Crippen molar-refractivity contribution in [1.82, 2.24) is 0 Å². The van der Waals surface area contributed by atoms with E-state index in [0.717, 1.165) is 20.8 Å². The molecule has 2 rings (SSSR count). The minimum absolute atomic E-state index is 0.481. The molecule has 1 unspecified atom stereocenters. The summed E-state index contributed by atoms with van der Waals surface area (Å²) in [5, 5.41) is 12.7. The molecule has 78 valence electrons. The third kappa shape index (κ3) is 2.10. The standard InChI is InChI=1S/C12H10Br2O/c13-7-11(15)12-9-4-2-1-3-8(9)5-6-10(12)14/h1-6,11,15H,7H2. The van der Waals surface area contributed by atoms with E-state index in [1.54, 1.807) is 0 Å². The molecule has 0 spiro atoms. The molecule has 2 aromatic rings. The third-order valence-corrected chi connectivity index (χ3v) is 3.70. The molecule has 0 saturated heterocycles. The summed E-state index contributed by atoms with van der Waals surface area (Å²) in [6.07, 6.45) is -0.481. The largest absolute Gasteiger partial charge is 0.387 e. The van der Waals surface area contributed by atoms with Crippen LogP contribution in [0.15, 0.2) is 40.9 Å². The van der Waals surface area contributed by atoms with Crippen LogP contribution in [-0.2, 0) is 0 Å². The number of alkyl halides is 1. The van der Waals surface area contributed by atoms with Gasteiger partial charge in [0.2, 0.25) is 0 Å². The van der Waals surface area contributed by atoms with E-state index in [9.17, 15) is 5.11 Å². The van der Waals surface area contributed by atoms with E-state index in [4.69, 9.17) is 0 Å². The maximum absolute atomic E-state index is 9.93. The van der Waals surface area contributed by atoms with Crippen molar-refractivity contribution in [3.05, 3.63) is 46.4 Å². The smallest absolute Gasteiger partial charge is 0.0903 e. The van der Waals surface area contributed by atoms with Gasteiger partial charge in [0.05, 0.1) is 6.10 Å². The predicted octanol–water partition coefficient (Wildman–Crippen LogP) is 4.03. The monoisotopic (exact) mass is 328 g/mol. The van der Waals surface area contributed by atoms with Crippen molar-refractivity contribution in [2.24, 2.45) is 0 Å². The summed E-state index contributed by atoms with van der Waals surface area (Å²) in [6, 6.07) is 12.1. The van der Waals surface area contributed by atoms with Crippen LogP contribution >= 0.6 is 31.9 Å². The van der Waals surface area contributed by atoms with Crippen molar-refractivity contribution in [2.45, 2.75) is 6.10 Å². The van der Waals surface area contributed by atoms with Gasteiger partial charge < -0.3 is 5.11 Å². The van der Waals surface area contributed by atoms with Crippen molar-refractivity contribution in [2.75, 3.05) is 5.33 Å². The Morgan fingerprint density at radius 2 is 1.87 bits per heavy atom. The van der Waals surface area contributed by atoms with Crippen LogP contribution in [0.2, 0.25) is 0 Å². The number of hydrogen-bond acceptors (Lipinski definition) is 1. The van der Waals surface area contributed by atoms with Gasteiger partial charge in [-0.05, 0) is 16.8 Å². The van der Waals surface area contributed by atoms with Crippen molar-refractivity contribution >= 4 is 42.6 Å². The molecule has 1 N–H and O–H groups in total. The fourth-order valence-electron chi connectivity index (χ4n) is 1.68. The average Bonchev–Trinajstić information content (AvgIpc) is 2.28. The molecule has 0 aromatic heterocycles. The zero-order valence-electron chi connectivity index (χ0n) is 7.95. The number of rotatable bonds is 2. The Bertz CT molecular complexity index is 482. The van der Waals surface area contributed by atoms with Gasteiger partial charge in [0.15, 0.2) is 0 Å². The molecular formula is C12H10Br2O. The van der Waals surface area contributed by atoms with Crippen LogP contribution in [0.3, 0.4) is 0 Å². The molecule has 0 aliphatic carbocycles. The van der Waals surface area contributed by atoms with Gasteiger partial charge in [0.1, 0.15) is 0 Å². The molecule has 1 atom stereocenters. The lowest BCUT2D eigenvalue weighted by molar-refractivity contribution is 0.206. The summed E-state index contributed by atoms with van der Waals surface area (Å²) in [7, 11) is 0. The van der Waals surface area contributed by atoms with Crippen LogP contribution in [0.1, 0.15) is 11.7 Å². The van der Waals surface area contributed by atoms with Crippen molar-refractivity contribution < 1.29 is 5.11 Å².